The van der Waals surface area contributed by atoms with E-state index in [1.807, 2.05) is 0 Å². The Labute approximate surface area is 169 Å². The van der Waals surface area contributed by atoms with E-state index in [9.17, 15) is 4.79 Å². The van der Waals surface area contributed by atoms with Crippen LogP contribution in [0.1, 0.15) is 49.3 Å². The lowest BCUT2D eigenvalue weighted by Gasteiger charge is -2.44. The van der Waals surface area contributed by atoms with Crippen LogP contribution in [0.4, 0.5) is 0 Å². The number of nitrogens with zero attached hydrogens (tertiary/aromatic N) is 1. The maximum atomic E-state index is 13.2. The molecule has 28 heavy (non-hydrogen) atoms. The highest BCUT2D eigenvalue weighted by atomic mass is 16.5. The Hall–Kier alpha value is -1.43. The van der Waals surface area contributed by atoms with Gasteiger partial charge in [0.05, 0.1) is 19.3 Å². The number of benzene rings is 1. The molecule has 2 bridgehead atoms. The number of carbonyl (C=O) groups excluding carboxylic acids is 1. The van der Waals surface area contributed by atoms with Crippen molar-refractivity contribution in [3.8, 4) is 0 Å². The maximum absolute atomic E-state index is 13.2. The highest BCUT2D eigenvalue weighted by Gasteiger charge is 2.41. The second kappa shape index (κ2) is 8.93. The molecule has 5 heteroatoms. The predicted octanol–water partition coefficient (Wildman–Crippen LogP) is 2.64. The third-order valence-electron chi connectivity index (χ3n) is 7.12. The van der Waals surface area contributed by atoms with E-state index in [4.69, 9.17) is 10.5 Å². The lowest BCUT2D eigenvalue weighted by Crippen LogP contribution is -2.50. The van der Waals surface area contributed by atoms with E-state index in [2.05, 4.69) is 41.4 Å². The number of nitrogens with two attached hydrogens (primary N) is 1. The fourth-order valence-corrected chi connectivity index (χ4v) is 5.37. The van der Waals surface area contributed by atoms with Crippen LogP contribution in [-0.2, 0) is 9.53 Å². The van der Waals surface area contributed by atoms with E-state index >= 15 is 0 Å². The van der Waals surface area contributed by atoms with Gasteiger partial charge in [-0.1, -0.05) is 36.2 Å². The summed E-state index contributed by atoms with van der Waals surface area (Å²) in [5, 5.41) is 3.41. The zero-order valence-corrected chi connectivity index (χ0v) is 17.1. The van der Waals surface area contributed by atoms with Crippen LogP contribution < -0.4 is 11.1 Å². The normalized spacial score (nSPS) is 31.9. The summed E-state index contributed by atoms with van der Waals surface area (Å²) in [4.78, 5) is 15.6. The molecule has 5 nitrogen and oxygen atoms in total. The van der Waals surface area contributed by atoms with Crippen LogP contribution in [0.15, 0.2) is 24.3 Å². The van der Waals surface area contributed by atoms with Crippen LogP contribution in [0.25, 0.3) is 0 Å². The number of nitrogens with one attached hydrogen (secondary N) is 1. The molecular formula is C23H35N3O2. The molecule has 3 N–H and O–H groups in total. The molecule has 1 heterocycles. The van der Waals surface area contributed by atoms with Crippen LogP contribution in [-0.4, -0.2) is 49.7 Å². The second-order valence-corrected chi connectivity index (χ2v) is 9.08. The molecule has 154 valence electrons. The summed E-state index contributed by atoms with van der Waals surface area (Å²) in [5.41, 5.74) is 8.86. The highest BCUT2D eigenvalue weighted by Crippen LogP contribution is 2.42. The first kappa shape index (κ1) is 19.9. The number of ether oxygens (including phenoxy) is 1. The van der Waals surface area contributed by atoms with E-state index in [1.165, 1.54) is 30.4 Å². The topological polar surface area (TPSA) is 67.6 Å². The molecule has 1 saturated heterocycles. The summed E-state index contributed by atoms with van der Waals surface area (Å²) in [5.74, 6) is 1.40. The molecule has 0 spiro atoms. The summed E-state index contributed by atoms with van der Waals surface area (Å²) in [6.45, 7) is 6.36. The van der Waals surface area contributed by atoms with E-state index < -0.39 is 0 Å². The molecule has 0 radical (unpaired) electrons. The molecule has 1 amide bonds. The molecule has 1 aromatic rings. The van der Waals surface area contributed by atoms with Crippen molar-refractivity contribution in [2.45, 2.75) is 51.1 Å². The van der Waals surface area contributed by atoms with E-state index in [0.717, 1.165) is 45.7 Å². The van der Waals surface area contributed by atoms with Crippen molar-refractivity contribution in [2.75, 3.05) is 32.8 Å². The molecule has 0 aromatic heterocycles. The molecule has 4 rings (SSSR count). The van der Waals surface area contributed by atoms with Crippen molar-refractivity contribution in [2.24, 2.45) is 23.5 Å². The highest BCUT2D eigenvalue weighted by molar-refractivity contribution is 5.79. The van der Waals surface area contributed by atoms with Gasteiger partial charge in [0, 0.05) is 31.6 Å². The molecular weight excluding hydrogens is 350 g/mol. The fourth-order valence-electron chi connectivity index (χ4n) is 5.37. The molecule has 3 fully saturated rings. The van der Waals surface area contributed by atoms with Gasteiger partial charge in [0.1, 0.15) is 0 Å². The number of hydrogen-bond donors (Lipinski definition) is 2. The molecule has 2 saturated carbocycles. The minimum Gasteiger partial charge on any atom is -0.379 e. The fraction of sp³-hybridized carbons (Fsp3) is 0.696. The van der Waals surface area contributed by atoms with E-state index in [-0.39, 0.29) is 17.9 Å². The van der Waals surface area contributed by atoms with Gasteiger partial charge >= 0.3 is 0 Å². The number of hydrogen-bond acceptors (Lipinski definition) is 4. The van der Waals surface area contributed by atoms with E-state index in [1.54, 1.807) is 0 Å². The van der Waals surface area contributed by atoms with E-state index in [0.29, 0.717) is 17.9 Å². The van der Waals surface area contributed by atoms with Gasteiger partial charge in [-0.05, 0) is 50.0 Å². The lowest BCUT2D eigenvalue weighted by molar-refractivity contribution is -0.129. The smallest absolute Gasteiger partial charge is 0.223 e. The molecule has 3 aliphatic rings. The van der Waals surface area contributed by atoms with Crippen molar-refractivity contribution >= 4 is 5.91 Å². The first-order chi connectivity index (χ1) is 13.6. The Morgan fingerprint density at radius 2 is 1.82 bits per heavy atom. The number of rotatable bonds is 5. The number of carbonyl (C=O) groups is 1. The average Bonchev–Trinajstić information content (AvgIpc) is 2.68. The summed E-state index contributed by atoms with van der Waals surface area (Å²) in [6.07, 6.45) is 5.58. The Bertz CT molecular complexity index is 642. The first-order valence-corrected chi connectivity index (χ1v) is 11.0. The Morgan fingerprint density at radius 1 is 1.18 bits per heavy atom. The molecule has 3 atom stereocenters. The van der Waals surface area contributed by atoms with Crippen molar-refractivity contribution in [3.05, 3.63) is 35.4 Å². The quantitative estimate of drug-likeness (QED) is 0.818. The van der Waals surface area contributed by atoms with Gasteiger partial charge < -0.3 is 15.8 Å². The number of morpholine rings is 1. The maximum Gasteiger partial charge on any atom is 0.223 e. The lowest BCUT2D eigenvalue weighted by atomic mass is 9.65. The Balaban J connectivity index is 1.45. The van der Waals surface area contributed by atoms with Crippen molar-refractivity contribution < 1.29 is 9.53 Å². The van der Waals surface area contributed by atoms with Gasteiger partial charge in [0.15, 0.2) is 0 Å². The zero-order chi connectivity index (χ0) is 19.5. The molecule has 1 aliphatic heterocycles. The Kier molecular flexibility index (Phi) is 6.34. The van der Waals surface area contributed by atoms with Crippen LogP contribution in [0.2, 0.25) is 0 Å². The third-order valence-corrected chi connectivity index (χ3v) is 7.12. The molecule has 3 unspecified atom stereocenters. The molecule has 2 aliphatic carbocycles. The number of amides is 1. The zero-order valence-electron chi connectivity index (χ0n) is 17.1. The van der Waals surface area contributed by atoms with Gasteiger partial charge in [0.25, 0.3) is 0 Å². The Morgan fingerprint density at radius 3 is 2.46 bits per heavy atom. The molecule has 1 aromatic carbocycles. The van der Waals surface area contributed by atoms with Crippen LogP contribution in [0, 0.1) is 24.7 Å². The van der Waals surface area contributed by atoms with Gasteiger partial charge in [-0.15, -0.1) is 0 Å². The van der Waals surface area contributed by atoms with Crippen LogP contribution in [0.5, 0.6) is 0 Å². The van der Waals surface area contributed by atoms with Crippen molar-refractivity contribution in [3.63, 3.8) is 0 Å². The number of fused-ring (bicyclic) bond motifs is 2. The average molecular weight is 386 g/mol. The van der Waals surface area contributed by atoms with Gasteiger partial charge in [0.2, 0.25) is 5.91 Å². The summed E-state index contributed by atoms with van der Waals surface area (Å²) in [7, 11) is 0. The van der Waals surface area contributed by atoms with Crippen LogP contribution >= 0.6 is 0 Å². The van der Waals surface area contributed by atoms with Crippen molar-refractivity contribution in [1.82, 2.24) is 10.2 Å². The first-order valence-electron chi connectivity index (χ1n) is 11.0. The van der Waals surface area contributed by atoms with Gasteiger partial charge in [-0.3, -0.25) is 9.69 Å². The largest absolute Gasteiger partial charge is 0.379 e. The minimum atomic E-state index is 0.0293. The number of aryl methyl sites for hydroxylation is 1. The predicted molar refractivity (Wildman–Crippen MR) is 111 cm³/mol. The van der Waals surface area contributed by atoms with Crippen molar-refractivity contribution in [1.29, 1.82) is 0 Å². The summed E-state index contributed by atoms with van der Waals surface area (Å²) < 4.78 is 5.49. The monoisotopic (exact) mass is 385 g/mol. The summed E-state index contributed by atoms with van der Waals surface area (Å²) >= 11 is 0. The minimum absolute atomic E-state index is 0.0293. The standard InChI is InChI=1S/C23H35N3O2/c1-16-5-7-17(8-6-16)21(15-26-9-11-28-12-10-26)25-23(27)20-13-18-3-2-4-19(14-20)22(18)24/h5-8,18-22H,2-4,9-15,24H2,1H3,(H,25,27). The second-order valence-electron chi connectivity index (χ2n) is 9.08. The van der Waals surface area contributed by atoms with Crippen LogP contribution in [0.3, 0.4) is 0 Å². The third kappa shape index (κ3) is 4.58. The van der Waals surface area contributed by atoms with Gasteiger partial charge in [-0.2, -0.15) is 0 Å². The SMILES string of the molecule is Cc1ccc(C(CN2CCOCC2)NC(=O)C2CC3CCCC(C2)C3N)cc1. The van der Waals surface area contributed by atoms with Gasteiger partial charge in [-0.25, -0.2) is 0 Å². The summed E-state index contributed by atoms with van der Waals surface area (Å²) in [6, 6.07) is 8.93.